The predicted molar refractivity (Wildman–Crippen MR) is 104 cm³/mol. The van der Waals surface area contributed by atoms with Crippen LogP contribution in [0.3, 0.4) is 0 Å². The number of nitrogens with zero attached hydrogens (tertiary/aromatic N) is 6. The van der Waals surface area contributed by atoms with Crippen LogP contribution < -0.4 is 4.74 Å². The Kier molecular flexibility index (Phi) is 4.64. The van der Waals surface area contributed by atoms with Gasteiger partial charge in [-0.15, -0.1) is 22.8 Å². The van der Waals surface area contributed by atoms with Crippen molar-refractivity contribution in [3.63, 3.8) is 0 Å². The number of hydrogen-bond donors (Lipinski definition) is 1. The van der Waals surface area contributed by atoms with E-state index in [0.29, 0.717) is 17.4 Å². The minimum atomic E-state index is 0.493. The molecular formula is C19H18N6OS. The molecule has 0 fully saturated rings. The SMILES string of the molecule is COc1ccc(-n2ncc(-c3nnn(Cc4cccc(C)c4)n3)c2S)cc1. The average molecular weight is 378 g/mol. The molecule has 8 heteroatoms. The fourth-order valence-electron chi connectivity index (χ4n) is 2.80. The summed E-state index contributed by atoms with van der Waals surface area (Å²) in [5.41, 5.74) is 3.93. The Bertz CT molecular complexity index is 1070. The molecule has 0 spiro atoms. The Morgan fingerprint density at radius 2 is 1.93 bits per heavy atom. The highest BCUT2D eigenvalue weighted by atomic mass is 32.1. The second-order valence-corrected chi connectivity index (χ2v) is 6.55. The molecule has 0 saturated heterocycles. The van der Waals surface area contributed by atoms with Crippen molar-refractivity contribution in [3.8, 4) is 22.8 Å². The lowest BCUT2D eigenvalue weighted by molar-refractivity contribution is 0.414. The second-order valence-electron chi connectivity index (χ2n) is 6.12. The van der Waals surface area contributed by atoms with Crippen molar-refractivity contribution < 1.29 is 4.74 Å². The Balaban J connectivity index is 1.59. The first-order chi connectivity index (χ1) is 13.1. The van der Waals surface area contributed by atoms with Crippen molar-refractivity contribution in [2.24, 2.45) is 0 Å². The van der Waals surface area contributed by atoms with E-state index in [4.69, 9.17) is 4.74 Å². The molecule has 4 rings (SSSR count). The van der Waals surface area contributed by atoms with Gasteiger partial charge in [0.05, 0.1) is 31.1 Å². The molecule has 0 radical (unpaired) electrons. The lowest BCUT2D eigenvalue weighted by Gasteiger charge is -2.05. The number of hydrogen-bond acceptors (Lipinski definition) is 6. The van der Waals surface area contributed by atoms with Crippen LogP contribution in [-0.4, -0.2) is 37.1 Å². The minimum Gasteiger partial charge on any atom is -0.497 e. The summed E-state index contributed by atoms with van der Waals surface area (Å²) in [6.07, 6.45) is 1.70. The molecule has 0 saturated carbocycles. The number of ether oxygens (including phenoxy) is 1. The van der Waals surface area contributed by atoms with Gasteiger partial charge >= 0.3 is 0 Å². The maximum atomic E-state index is 5.19. The molecule has 0 unspecified atom stereocenters. The monoisotopic (exact) mass is 378 g/mol. The van der Waals surface area contributed by atoms with Crippen LogP contribution in [0.5, 0.6) is 5.75 Å². The Morgan fingerprint density at radius 1 is 1.11 bits per heavy atom. The molecule has 0 N–H and O–H groups in total. The molecule has 0 aliphatic rings. The summed E-state index contributed by atoms with van der Waals surface area (Å²) in [5.74, 6) is 1.28. The Hall–Kier alpha value is -3.13. The maximum absolute atomic E-state index is 5.19. The minimum absolute atomic E-state index is 0.493. The number of thiol groups is 1. The number of tetrazole rings is 1. The first-order valence-electron chi connectivity index (χ1n) is 8.39. The second kappa shape index (κ2) is 7.24. The molecule has 4 aromatic rings. The van der Waals surface area contributed by atoms with Crippen molar-refractivity contribution in [1.82, 2.24) is 30.0 Å². The zero-order valence-electron chi connectivity index (χ0n) is 14.9. The standard InChI is InChI=1S/C19H18N6OS/c1-13-4-3-5-14(10-13)12-24-22-18(21-23-24)17-11-20-25(19(17)27)15-6-8-16(26-2)9-7-15/h3-11,27H,12H2,1-2H3. The van der Waals surface area contributed by atoms with E-state index in [1.165, 1.54) is 5.56 Å². The quantitative estimate of drug-likeness (QED) is 0.540. The van der Waals surface area contributed by atoms with E-state index >= 15 is 0 Å². The molecule has 2 aromatic heterocycles. The Labute approximate surface area is 162 Å². The first kappa shape index (κ1) is 17.3. The summed E-state index contributed by atoms with van der Waals surface area (Å²) in [7, 11) is 1.64. The van der Waals surface area contributed by atoms with Crippen LogP contribution in [0.4, 0.5) is 0 Å². The van der Waals surface area contributed by atoms with Crippen LogP contribution in [0.15, 0.2) is 59.8 Å². The average Bonchev–Trinajstić information content (AvgIpc) is 3.28. The van der Waals surface area contributed by atoms with E-state index in [2.05, 4.69) is 52.2 Å². The van der Waals surface area contributed by atoms with Gasteiger partial charge in [-0.05, 0) is 42.0 Å². The number of benzene rings is 2. The molecule has 2 aromatic carbocycles. The zero-order chi connectivity index (χ0) is 18.8. The molecule has 136 valence electrons. The fraction of sp³-hybridized carbons (Fsp3) is 0.158. The molecule has 2 heterocycles. The maximum Gasteiger partial charge on any atom is 0.209 e. The summed E-state index contributed by atoms with van der Waals surface area (Å²) in [6, 6.07) is 15.8. The lowest BCUT2D eigenvalue weighted by atomic mass is 10.1. The van der Waals surface area contributed by atoms with Crippen molar-refractivity contribution in [2.75, 3.05) is 7.11 Å². The predicted octanol–water partition coefficient (Wildman–Crippen LogP) is 3.18. The van der Waals surface area contributed by atoms with Gasteiger partial charge in [0.2, 0.25) is 5.82 Å². The van der Waals surface area contributed by atoms with E-state index in [1.54, 1.807) is 22.8 Å². The molecule has 0 atom stereocenters. The van der Waals surface area contributed by atoms with Crippen LogP contribution in [0.1, 0.15) is 11.1 Å². The fourth-order valence-corrected chi connectivity index (χ4v) is 3.13. The van der Waals surface area contributed by atoms with E-state index in [9.17, 15) is 0 Å². The lowest BCUT2D eigenvalue weighted by Crippen LogP contribution is -2.04. The smallest absolute Gasteiger partial charge is 0.209 e. The molecular weight excluding hydrogens is 360 g/mol. The normalized spacial score (nSPS) is 10.9. The molecule has 0 aliphatic heterocycles. The van der Waals surface area contributed by atoms with Gasteiger partial charge in [0.15, 0.2) is 0 Å². The number of rotatable bonds is 5. The van der Waals surface area contributed by atoms with Gasteiger partial charge in [-0.3, -0.25) is 0 Å². The van der Waals surface area contributed by atoms with Gasteiger partial charge in [0.25, 0.3) is 0 Å². The molecule has 0 amide bonds. The van der Waals surface area contributed by atoms with Crippen LogP contribution in [0, 0.1) is 6.92 Å². The van der Waals surface area contributed by atoms with E-state index in [0.717, 1.165) is 22.6 Å². The van der Waals surface area contributed by atoms with Crippen LogP contribution in [-0.2, 0) is 6.54 Å². The summed E-state index contributed by atoms with van der Waals surface area (Å²) in [6.45, 7) is 2.62. The summed E-state index contributed by atoms with van der Waals surface area (Å²) in [4.78, 5) is 1.57. The summed E-state index contributed by atoms with van der Waals surface area (Å²) >= 11 is 4.61. The summed E-state index contributed by atoms with van der Waals surface area (Å²) < 4.78 is 6.91. The van der Waals surface area contributed by atoms with Gasteiger partial charge in [-0.25, -0.2) is 4.68 Å². The Morgan fingerprint density at radius 3 is 2.67 bits per heavy atom. The van der Waals surface area contributed by atoms with Gasteiger partial charge < -0.3 is 4.74 Å². The summed E-state index contributed by atoms with van der Waals surface area (Å²) in [5, 5.41) is 17.8. The van der Waals surface area contributed by atoms with Crippen LogP contribution >= 0.6 is 12.6 Å². The van der Waals surface area contributed by atoms with Crippen LogP contribution in [0.2, 0.25) is 0 Å². The highest BCUT2D eigenvalue weighted by Gasteiger charge is 2.15. The third kappa shape index (κ3) is 3.56. The van der Waals surface area contributed by atoms with Gasteiger partial charge in [0, 0.05) is 0 Å². The topological polar surface area (TPSA) is 70.7 Å². The third-order valence-electron chi connectivity index (χ3n) is 4.16. The zero-order valence-corrected chi connectivity index (χ0v) is 15.8. The number of methoxy groups -OCH3 is 1. The van der Waals surface area contributed by atoms with Gasteiger partial charge in [0.1, 0.15) is 10.8 Å². The highest BCUT2D eigenvalue weighted by Crippen LogP contribution is 2.26. The van der Waals surface area contributed by atoms with Crippen LogP contribution in [0.25, 0.3) is 17.1 Å². The van der Waals surface area contributed by atoms with E-state index < -0.39 is 0 Å². The molecule has 7 nitrogen and oxygen atoms in total. The van der Waals surface area contributed by atoms with Crippen molar-refractivity contribution >= 4 is 12.6 Å². The van der Waals surface area contributed by atoms with Crippen molar-refractivity contribution in [3.05, 3.63) is 65.9 Å². The largest absolute Gasteiger partial charge is 0.497 e. The third-order valence-corrected chi connectivity index (χ3v) is 4.59. The molecule has 0 aliphatic carbocycles. The first-order valence-corrected chi connectivity index (χ1v) is 8.84. The van der Waals surface area contributed by atoms with E-state index in [-0.39, 0.29) is 0 Å². The molecule has 0 bridgehead atoms. The number of aromatic nitrogens is 6. The number of aryl methyl sites for hydroxylation is 1. The molecule has 27 heavy (non-hydrogen) atoms. The van der Waals surface area contributed by atoms with Gasteiger partial charge in [-0.1, -0.05) is 29.8 Å². The van der Waals surface area contributed by atoms with E-state index in [1.807, 2.05) is 36.4 Å². The van der Waals surface area contributed by atoms with Crippen molar-refractivity contribution in [1.29, 1.82) is 0 Å². The highest BCUT2D eigenvalue weighted by molar-refractivity contribution is 7.80. The van der Waals surface area contributed by atoms with Gasteiger partial charge in [-0.2, -0.15) is 9.90 Å². The van der Waals surface area contributed by atoms with Crippen molar-refractivity contribution in [2.45, 2.75) is 18.5 Å².